The lowest BCUT2D eigenvalue weighted by atomic mass is 10.00. The second-order valence-corrected chi connectivity index (χ2v) is 9.65. The first-order chi connectivity index (χ1) is 17.4. The van der Waals surface area contributed by atoms with Crippen molar-refractivity contribution in [3.63, 3.8) is 0 Å². The number of hydrogen-bond donors (Lipinski definition) is 2. The van der Waals surface area contributed by atoms with Gasteiger partial charge in [-0.2, -0.15) is 0 Å². The summed E-state index contributed by atoms with van der Waals surface area (Å²) in [5.74, 6) is 0.0233. The minimum absolute atomic E-state index is 0.0913. The first kappa shape index (κ1) is 23.6. The molecule has 0 saturated heterocycles. The molecule has 0 aliphatic rings. The van der Waals surface area contributed by atoms with E-state index < -0.39 is 7.60 Å². The highest BCUT2D eigenvalue weighted by Gasteiger charge is 2.14. The maximum absolute atomic E-state index is 12.9. The van der Waals surface area contributed by atoms with Crippen LogP contribution >= 0.6 is 7.60 Å². The number of anilines is 1. The zero-order valence-corrected chi connectivity index (χ0v) is 20.1. The second kappa shape index (κ2) is 9.82. The van der Waals surface area contributed by atoms with E-state index in [9.17, 15) is 14.3 Å². The van der Waals surface area contributed by atoms with E-state index in [1.54, 1.807) is 31.3 Å². The van der Waals surface area contributed by atoms with Crippen LogP contribution in [0.2, 0.25) is 0 Å². The summed E-state index contributed by atoms with van der Waals surface area (Å²) >= 11 is 0. The smallest absolute Gasteiger partial charge is 0.256 e. The number of carbonyl (C=O) groups is 1. The van der Waals surface area contributed by atoms with Crippen LogP contribution in [0.3, 0.4) is 0 Å². The average Bonchev–Trinajstić information content (AvgIpc) is 3.54. The third-order valence-electron chi connectivity index (χ3n) is 5.37. The molecule has 12 heteroatoms. The van der Waals surface area contributed by atoms with Crippen molar-refractivity contribution in [1.82, 2.24) is 29.5 Å². The molecule has 11 nitrogen and oxygen atoms in total. The first-order valence-electron chi connectivity index (χ1n) is 11.0. The number of aromatic nitrogens is 6. The van der Waals surface area contributed by atoms with E-state index in [1.807, 2.05) is 30.3 Å². The monoisotopic (exact) mass is 502 g/mol. The highest BCUT2D eigenvalue weighted by Crippen LogP contribution is 2.39. The number of hydrogen-bond acceptors (Lipinski definition) is 8. The summed E-state index contributed by atoms with van der Waals surface area (Å²) in [4.78, 5) is 44.4. The number of amides is 1. The van der Waals surface area contributed by atoms with Gasteiger partial charge in [0.1, 0.15) is 11.8 Å². The fourth-order valence-corrected chi connectivity index (χ4v) is 4.79. The van der Waals surface area contributed by atoms with Gasteiger partial charge in [-0.3, -0.25) is 4.79 Å². The molecule has 2 N–H and O–H groups in total. The molecule has 1 amide bonds. The molecule has 0 aliphatic heterocycles. The molecule has 1 atom stereocenters. The van der Waals surface area contributed by atoms with Gasteiger partial charge >= 0.3 is 0 Å². The van der Waals surface area contributed by atoms with E-state index in [2.05, 4.69) is 30.2 Å². The van der Waals surface area contributed by atoms with Crippen molar-refractivity contribution in [1.29, 1.82) is 0 Å². The maximum Gasteiger partial charge on any atom is 0.256 e. The normalized spacial score (nSPS) is 12.9. The average molecular weight is 502 g/mol. The fraction of sp³-hybridized carbons (Fsp3) is 0.125. The van der Waals surface area contributed by atoms with Crippen LogP contribution < -0.4 is 10.2 Å². The first-order valence-corrected chi connectivity index (χ1v) is 12.8. The molecule has 0 bridgehead atoms. The molecular weight excluding hydrogens is 481 g/mol. The van der Waals surface area contributed by atoms with Crippen LogP contribution in [0.15, 0.2) is 73.7 Å². The van der Waals surface area contributed by atoms with Gasteiger partial charge in [0, 0.05) is 17.3 Å². The van der Waals surface area contributed by atoms with Crippen LogP contribution in [0.1, 0.15) is 17.3 Å². The maximum atomic E-state index is 12.9. The van der Waals surface area contributed by atoms with Crippen molar-refractivity contribution in [2.75, 3.05) is 11.9 Å². The Morgan fingerprint density at radius 2 is 1.86 bits per heavy atom. The molecule has 3 heterocycles. The van der Waals surface area contributed by atoms with E-state index in [0.717, 1.165) is 16.7 Å². The van der Waals surface area contributed by atoms with Crippen molar-refractivity contribution in [3.05, 3.63) is 79.3 Å². The third-order valence-corrected chi connectivity index (χ3v) is 6.69. The Bertz CT molecular complexity index is 1600. The zero-order valence-electron chi connectivity index (χ0n) is 19.2. The highest BCUT2D eigenvalue weighted by atomic mass is 31.2. The Morgan fingerprint density at radius 1 is 1.08 bits per heavy atom. The van der Waals surface area contributed by atoms with E-state index in [1.165, 1.54) is 23.5 Å². The number of imidazole rings is 2. The van der Waals surface area contributed by atoms with Crippen LogP contribution in [0.5, 0.6) is 0 Å². The SMILES string of the molecule is CCOP(=O)([O-])Cn1cnc(-c2cccc(-c3cccc(C(=O)Nc4ncnc5nc[nH]c45)c3)c2)c1. The predicted octanol–water partition coefficient (Wildman–Crippen LogP) is 3.68. The lowest BCUT2D eigenvalue weighted by Gasteiger charge is -2.22. The summed E-state index contributed by atoms with van der Waals surface area (Å²) in [5, 5.41) is 2.80. The molecule has 0 fully saturated rings. The summed E-state index contributed by atoms with van der Waals surface area (Å²) in [5.41, 5.74) is 4.59. The Labute approximate surface area is 205 Å². The molecule has 5 aromatic rings. The van der Waals surface area contributed by atoms with Crippen molar-refractivity contribution in [2.24, 2.45) is 0 Å². The molecule has 0 spiro atoms. The fourth-order valence-electron chi connectivity index (χ4n) is 3.76. The number of carbonyl (C=O) groups excluding carboxylic acids is 1. The molecule has 2 aromatic carbocycles. The van der Waals surface area contributed by atoms with E-state index in [0.29, 0.717) is 28.2 Å². The second-order valence-electron chi connectivity index (χ2n) is 7.88. The van der Waals surface area contributed by atoms with Crippen LogP contribution in [0, 0.1) is 0 Å². The van der Waals surface area contributed by atoms with Crippen molar-refractivity contribution in [3.8, 4) is 22.4 Å². The molecule has 5 rings (SSSR count). The quantitative estimate of drug-likeness (QED) is 0.305. The van der Waals surface area contributed by atoms with Gasteiger partial charge in [-0.05, 0) is 36.2 Å². The van der Waals surface area contributed by atoms with Crippen molar-refractivity contribution < 1.29 is 18.8 Å². The van der Waals surface area contributed by atoms with E-state index in [4.69, 9.17) is 4.52 Å². The molecule has 1 unspecified atom stereocenters. The zero-order chi connectivity index (χ0) is 25.1. The van der Waals surface area contributed by atoms with Crippen LogP contribution in [-0.4, -0.2) is 42.0 Å². The molecule has 0 aliphatic carbocycles. The van der Waals surface area contributed by atoms with Crippen molar-refractivity contribution >= 4 is 30.5 Å². The van der Waals surface area contributed by atoms with Crippen LogP contribution in [-0.2, 0) is 15.4 Å². The molecule has 182 valence electrons. The number of fused-ring (bicyclic) bond motifs is 1. The van der Waals surface area contributed by atoms with E-state index in [-0.39, 0.29) is 18.8 Å². The largest absolute Gasteiger partial charge is 0.777 e. The Morgan fingerprint density at radius 3 is 2.69 bits per heavy atom. The molecule has 36 heavy (non-hydrogen) atoms. The Kier molecular flexibility index (Phi) is 6.43. The van der Waals surface area contributed by atoms with Crippen LogP contribution in [0.4, 0.5) is 5.82 Å². The standard InChI is InChI=1S/C24H22N7O4P/c1-2-35-36(33,34)15-31-11-20(29-14-31)18-7-3-5-16(9-18)17-6-4-8-19(10-17)24(32)30-23-21-22(26-12-25-21)27-13-28-23/h3-14H,2,15H2,1H3,(H,33,34)(H2,25,26,27,28,30,32)/p-1. The van der Waals surface area contributed by atoms with Crippen molar-refractivity contribution in [2.45, 2.75) is 13.2 Å². The lowest BCUT2D eigenvalue weighted by Crippen LogP contribution is -2.13. The number of nitrogens with one attached hydrogen (secondary N) is 2. The number of H-pyrrole nitrogens is 1. The molecule has 3 aromatic heterocycles. The Balaban J connectivity index is 1.37. The Hall–Kier alpha value is -4.18. The van der Waals surface area contributed by atoms with Gasteiger partial charge in [-0.1, -0.05) is 30.3 Å². The summed E-state index contributed by atoms with van der Waals surface area (Å²) in [6.07, 6.45) is 5.66. The minimum atomic E-state index is -3.98. The predicted molar refractivity (Wildman–Crippen MR) is 132 cm³/mol. The number of benzene rings is 2. The molecule has 0 saturated carbocycles. The minimum Gasteiger partial charge on any atom is -0.777 e. The summed E-state index contributed by atoms with van der Waals surface area (Å²) in [7, 11) is -3.98. The summed E-state index contributed by atoms with van der Waals surface area (Å²) in [6, 6.07) is 14.8. The number of aromatic amines is 1. The third kappa shape index (κ3) is 5.08. The number of rotatable bonds is 8. The van der Waals surface area contributed by atoms with Gasteiger partial charge in [0.15, 0.2) is 19.1 Å². The number of nitrogens with zero attached hydrogens (tertiary/aromatic N) is 5. The molecule has 0 radical (unpaired) electrons. The lowest BCUT2D eigenvalue weighted by molar-refractivity contribution is -0.200. The van der Waals surface area contributed by atoms with Gasteiger partial charge in [-0.15, -0.1) is 0 Å². The van der Waals surface area contributed by atoms with Crippen LogP contribution in [0.25, 0.3) is 33.5 Å². The molecular formula is C24H21N7O4P-. The van der Waals surface area contributed by atoms with Gasteiger partial charge in [0.25, 0.3) is 5.91 Å². The highest BCUT2D eigenvalue weighted by molar-refractivity contribution is 7.50. The van der Waals surface area contributed by atoms with Gasteiger partial charge in [0.2, 0.25) is 0 Å². The van der Waals surface area contributed by atoms with Gasteiger partial charge in [0.05, 0.1) is 31.2 Å². The summed E-state index contributed by atoms with van der Waals surface area (Å²) in [6.45, 7) is 1.72. The topological polar surface area (TPSA) is 151 Å². The van der Waals surface area contributed by atoms with Gasteiger partial charge in [-0.25, -0.2) is 19.9 Å². The van der Waals surface area contributed by atoms with E-state index >= 15 is 0 Å². The van der Waals surface area contributed by atoms with Gasteiger partial charge < -0.3 is 28.9 Å². The summed E-state index contributed by atoms with van der Waals surface area (Å²) < 4.78 is 18.2.